The summed E-state index contributed by atoms with van der Waals surface area (Å²) in [6.07, 6.45) is 0. The van der Waals surface area contributed by atoms with Gasteiger partial charge >= 0.3 is 51.4 Å². The molecule has 2 aromatic carbocycles. The third-order valence-corrected chi connectivity index (χ3v) is 5.20. The van der Waals surface area contributed by atoms with Crippen LogP contribution < -0.4 is 51.4 Å². The van der Waals surface area contributed by atoms with Gasteiger partial charge in [-0.25, -0.2) is 25.6 Å². The van der Waals surface area contributed by atoms with E-state index in [1.54, 1.807) is 0 Å². The van der Waals surface area contributed by atoms with Crippen LogP contribution in [0, 0.1) is 11.6 Å². The maximum absolute atomic E-state index is 13.6. The molecule has 0 aromatic heterocycles. The van der Waals surface area contributed by atoms with Gasteiger partial charge in [-0.2, -0.15) is 0 Å². The Balaban J connectivity index is 0.00000242. The summed E-state index contributed by atoms with van der Waals surface area (Å²) >= 11 is 0. The Labute approximate surface area is 168 Å². The van der Waals surface area contributed by atoms with Crippen LogP contribution in [-0.2, 0) is 20.0 Å². The number of sulfone groups is 1. The smallest absolute Gasteiger partial charge is 0.744 e. The molecule has 22 heavy (non-hydrogen) atoms. The van der Waals surface area contributed by atoms with Gasteiger partial charge < -0.3 is 4.55 Å². The molecule has 0 saturated carbocycles. The van der Waals surface area contributed by atoms with E-state index in [1.807, 2.05) is 0 Å². The monoisotopic (exact) mass is 372 g/mol. The van der Waals surface area contributed by atoms with Crippen LogP contribution in [0.25, 0.3) is 0 Å². The molecule has 0 N–H and O–H groups in total. The Kier molecular flexibility index (Phi) is 6.44. The van der Waals surface area contributed by atoms with E-state index in [-0.39, 0.29) is 51.4 Å². The van der Waals surface area contributed by atoms with Gasteiger partial charge in [-0.15, -0.1) is 0 Å². The van der Waals surface area contributed by atoms with Crippen LogP contribution in [0.3, 0.4) is 0 Å². The Morgan fingerprint density at radius 1 is 0.864 bits per heavy atom. The van der Waals surface area contributed by atoms with Crippen molar-refractivity contribution in [2.45, 2.75) is 14.7 Å². The van der Waals surface area contributed by atoms with E-state index < -0.39 is 46.3 Å². The predicted molar refractivity (Wildman–Crippen MR) is 66.2 cm³/mol. The topological polar surface area (TPSA) is 91.3 Å². The maximum atomic E-state index is 13.6. The summed E-state index contributed by atoms with van der Waals surface area (Å²) in [5.74, 6) is -2.27. The summed E-state index contributed by atoms with van der Waals surface area (Å²) in [6, 6.07) is 5.46. The Morgan fingerprint density at radius 2 is 1.45 bits per heavy atom. The number of rotatable bonds is 3. The largest absolute Gasteiger partial charge is 1.00 e. The molecular weight excluding hydrogens is 365 g/mol. The molecule has 0 spiro atoms. The molecule has 0 aliphatic carbocycles. The zero-order valence-corrected chi connectivity index (χ0v) is 15.9. The maximum Gasteiger partial charge on any atom is 1.00 e. The molecular formula is C12H7F2KO5S2. The average Bonchev–Trinajstić information content (AvgIpc) is 2.37. The summed E-state index contributed by atoms with van der Waals surface area (Å²) < 4.78 is 83.4. The van der Waals surface area contributed by atoms with Gasteiger partial charge in [-0.1, -0.05) is 6.07 Å². The van der Waals surface area contributed by atoms with Crippen LogP contribution in [0.2, 0.25) is 0 Å². The molecule has 0 atom stereocenters. The number of hydrogen-bond acceptors (Lipinski definition) is 5. The third kappa shape index (κ3) is 4.20. The van der Waals surface area contributed by atoms with Gasteiger partial charge in [0.25, 0.3) is 0 Å². The molecule has 10 heteroatoms. The first kappa shape index (κ1) is 19.8. The van der Waals surface area contributed by atoms with Crippen LogP contribution in [0.15, 0.2) is 57.2 Å². The number of hydrogen-bond donors (Lipinski definition) is 0. The molecule has 0 amide bonds. The van der Waals surface area contributed by atoms with E-state index in [1.165, 1.54) is 0 Å². The summed E-state index contributed by atoms with van der Waals surface area (Å²) in [4.78, 5) is -2.15. The van der Waals surface area contributed by atoms with E-state index in [0.717, 1.165) is 30.3 Å². The van der Waals surface area contributed by atoms with Gasteiger partial charge in [0.15, 0.2) is 0 Å². The molecule has 0 aliphatic rings. The standard InChI is InChI=1S/C12H8F2O5S2.K/c13-8-4-5-12(11(14)6-8)20(15,16)9-2-1-3-10(7-9)21(17,18)19;/h1-7H,(H,17,18,19);/q;+1/p-1. The fraction of sp³-hybridized carbons (Fsp3) is 0. The van der Waals surface area contributed by atoms with E-state index >= 15 is 0 Å². The fourth-order valence-corrected chi connectivity index (χ4v) is 3.56. The average molecular weight is 372 g/mol. The molecule has 5 nitrogen and oxygen atoms in total. The van der Waals surface area contributed by atoms with Gasteiger partial charge in [-0.05, 0) is 30.3 Å². The summed E-state index contributed by atoms with van der Waals surface area (Å²) in [6.45, 7) is 0. The first-order valence-electron chi connectivity index (χ1n) is 5.38. The second-order valence-electron chi connectivity index (χ2n) is 4.01. The van der Waals surface area contributed by atoms with E-state index in [2.05, 4.69) is 0 Å². The molecule has 112 valence electrons. The van der Waals surface area contributed by atoms with Gasteiger partial charge in [0.05, 0.1) is 9.79 Å². The normalized spacial score (nSPS) is 11.8. The van der Waals surface area contributed by atoms with Crippen molar-refractivity contribution in [3.05, 3.63) is 54.1 Å². The number of benzene rings is 2. The van der Waals surface area contributed by atoms with Gasteiger partial charge in [-0.3, -0.25) is 0 Å². The minimum atomic E-state index is -4.85. The molecule has 0 unspecified atom stereocenters. The molecule has 2 aromatic rings. The zero-order valence-electron chi connectivity index (χ0n) is 11.2. The Morgan fingerprint density at radius 3 is 2.00 bits per heavy atom. The van der Waals surface area contributed by atoms with Crippen molar-refractivity contribution >= 4 is 20.0 Å². The van der Waals surface area contributed by atoms with Crippen molar-refractivity contribution < 1.29 is 81.6 Å². The molecule has 0 bridgehead atoms. The first-order chi connectivity index (χ1) is 9.62. The van der Waals surface area contributed by atoms with Crippen LogP contribution in [-0.4, -0.2) is 21.4 Å². The van der Waals surface area contributed by atoms with Crippen molar-refractivity contribution in [1.82, 2.24) is 0 Å². The number of halogens is 2. The van der Waals surface area contributed by atoms with Crippen molar-refractivity contribution in [1.29, 1.82) is 0 Å². The molecule has 0 saturated heterocycles. The third-order valence-electron chi connectivity index (χ3n) is 2.59. The SMILES string of the molecule is O=S(=O)([O-])c1cccc(S(=O)(=O)c2ccc(F)cc2F)c1.[K+]. The second kappa shape index (κ2) is 7.14. The van der Waals surface area contributed by atoms with Crippen molar-refractivity contribution in [2.24, 2.45) is 0 Å². The molecule has 0 aliphatic heterocycles. The predicted octanol–water partition coefficient (Wildman–Crippen LogP) is -1.29. The minimum absolute atomic E-state index is 0. The quantitative estimate of drug-likeness (QED) is 0.380. The summed E-state index contributed by atoms with van der Waals surface area (Å²) in [7, 11) is -9.27. The molecule has 0 fully saturated rings. The van der Waals surface area contributed by atoms with Crippen LogP contribution in [0.5, 0.6) is 0 Å². The van der Waals surface area contributed by atoms with Crippen molar-refractivity contribution in [2.75, 3.05) is 0 Å². The van der Waals surface area contributed by atoms with Crippen LogP contribution >= 0.6 is 0 Å². The second-order valence-corrected chi connectivity index (χ2v) is 7.30. The Hall–Kier alpha value is -0.204. The van der Waals surface area contributed by atoms with E-state index in [4.69, 9.17) is 0 Å². The van der Waals surface area contributed by atoms with Crippen molar-refractivity contribution in [3.8, 4) is 0 Å². The van der Waals surface area contributed by atoms with Gasteiger partial charge in [0, 0.05) is 6.07 Å². The van der Waals surface area contributed by atoms with Crippen LogP contribution in [0.4, 0.5) is 8.78 Å². The molecule has 2 rings (SSSR count). The van der Waals surface area contributed by atoms with Gasteiger partial charge in [0.1, 0.15) is 26.6 Å². The van der Waals surface area contributed by atoms with Crippen molar-refractivity contribution in [3.63, 3.8) is 0 Å². The van der Waals surface area contributed by atoms with Gasteiger partial charge in [0.2, 0.25) is 9.84 Å². The molecule has 0 heterocycles. The minimum Gasteiger partial charge on any atom is -0.744 e. The van der Waals surface area contributed by atoms with E-state index in [9.17, 15) is 30.2 Å². The fourth-order valence-electron chi connectivity index (χ4n) is 1.62. The van der Waals surface area contributed by atoms with E-state index in [0.29, 0.717) is 12.1 Å². The summed E-state index contributed by atoms with van der Waals surface area (Å²) in [5.41, 5.74) is 0. The summed E-state index contributed by atoms with van der Waals surface area (Å²) in [5, 5.41) is 0. The molecule has 0 radical (unpaired) electrons. The zero-order chi connectivity index (χ0) is 15.8. The first-order valence-corrected chi connectivity index (χ1v) is 8.27. The van der Waals surface area contributed by atoms with Crippen LogP contribution in [0.1, 0.15) is 0 Å². The Bertz CT molecular complexity index is 911.